The molecule has 20 heavy (non-hydrogen) atoms. The summed E-state index contributed by atoms with van der Waals surface area (Å²) in [5.41, 5.74) is 0.963. The third-order valence-electron chi connectivity index (χ3n) is 3.45. The van der Waals surface area contributed by atoms with E-state index in [1.54, 1.807) is 12.1 Å². The van der Waals surface area contributed by atoms with Crippen LogP contribution in [0.15, 0.2) is 18.2 Å². The van der Waals surface area contributed by atoms with Gasteiger partial charge in [0.2, 0.25) is 0 Å². The molecule has 108 valence electrons. The number of carbonyl (C=O) groups excluding carboxylic acids is 1. The van der Waals surface area contributed by atoms with Crippen LogP contribution in [-0.4, -0.2) is 29.6 Å². The Balaban J connectivity index is 1.94. The number of carboxylic acids is 1. The van der Waals surface area contributed by atoms with Gasteiger partial charge in [0, 0.05) is 6.04 Å². The van der Waals surface area contributed by atoms with E-state index in [1.165, 1.54) is 6.07 Å². The standard InChI is InChI=1S/C15H19NO4/c1-10-6-7-12(15(18)19)13(8-10)20-9-14(17)16-11-4-2-3-5-11/h6-8,11H,2-5,9H2,1H3,(H,16,17)(H,18,19). The number of nitrogens with one attached hydrogen (secondary N) is 1. The topological polar surface area (TPSA) is 75.6 Å². The zero-order chi connectivity index (χ0) is 14.5. The molecule has 1 aromatic rings. The van der Waals surface area contributed by atoms with Gasteiger partial charge in [0.15, 0.2) is 6.61 Å². The normalized spacial score (nSPS) is 15.1. The van der Waals surface area contributed by atoms with Gasteiger partial charge in [-0.3, -0.25) is 4.79 Å². The Morgan fingerprint density at radius 1 is 1.35 bits per heavy atom. The summed E-state index contributed by atoms with van der Waals surface area (Å²) in [6.45, 7) is 1.69. The molecule has 5 nitrogen and oxygen atoms in total. The van der Waals surface area contributed by atoms with E-state index in [2.05, 4.69) is 5.32 Å². The molecule has 1 fully saturated rings. The van der Waals surface area contributed by atoms with Gasteiger partial charge in [-0.15, -0.1) is 0 Å². The quantitative estimate of drug-likeness (QED) is 0.864. The van der Waals surface area contributed by atoms with Crippen LogP contribution in [0.3, 0.4) is 0 Å². The highest BCUT2D eigenvalue weighted by atomic mass is 16.5. The molecule has 0 saturated heterocycles. The number of aryl methyl sites for hydroxylation is 1. The minimum Gasteiger partial charge on any atom is -0.483 e. The van der Waals surface area contributed by atoms with Crippen molar-refractivity contribution in [3.05, 3.63) is 29.3 Å². The van der Waals surface area contributed by atoms with Crippen molar-refractivity contribution in [1.29, 1.82) is 0 Å². The highest BCUT2D eigenvalue weighted by Gasteiger charge is 2.18. The van der Waals surface area contributed by atoms with E-state index >= 15 is 0 Å². The lowest BCUT2D eigenvalue weighted by Gasteiger charge is -2.13. The predicted molar refractivity (Wildman–Crippen MR) is 74.0 cm³/mol. The fraction of sp³-hybridized carbons (Fsp3) is 0.467. The van der Waals surface area contributed by atoms with Crippen LogP contribution in [0.5, 0.6) is 5.75 Å². The summed E-state index contributed by atoms with van der Waals surface area (Å²) in [5.74, 6) is -1.02. The SMILES string of the molecule is Cc1ccc(C(=O)O)c(OCC(=O)NC2CCCC2)c1. The first-order valence-corrected chi connectivity index (χ1v) is 6.82. The van der Waals surface area contributed by atoms with E-state index in [9.17, 15) is 9.59 Å². The van der Waals surface area contributed by atoms with Crippen LogP contribution >= 0.6 is 0 Å². The van der Waals surface area contributed by atoms with Crippen molar-refractivity contribution in [1.82, 2.24) is 5.32 Å². The molecular formula is C15H19NO4. The van der Waals surface area contributed by atoms with Crippen LogP contribution in [0.25, 0.3) is 0 Å². The molecule has 5 heteroatoms. The molecular weight excluding hydrogens is 258 g/mol. The molecule has 0 bridgehead atoms. The molecule has 1 aromatic carbocycles. The van der Waals surface area contributed by atoms with Crippen LogP contribution in [0.4, 0.5) is 0 Å². The van der Waals surface area contributed by atoms with E-state index in [1.807, 2.05) is 6.92 Å². The van der Waals surface area contributed by atoms with Crippen molar-refractivity contribution in [3.63, 3.8) is 0 Å². The summed E-state index contributed by atoms with van der Waals surface area (Å²) >= 11 is 0. The van der Waals surface area contributed by atoms with E-state index in [4.69, 9.17) is 9.84 Å². The zero-order valence-corrected chi connectivity index (χ0v) is 11.5. The number of hydrogen-bond donors (Lipinski definition) is 2. The van der Waals surface area contributed by atoms with Crippen LogP contribution in [0.2, 0.25) is 0 Å². The molecule has 1 amide bonds. The fourth-order valence-electron chi connectivity index (χ4n) is 2.41. The maximum absolute atomic E-state index is 11.8. The van der Waals surface area contributed by atoms with Crippen LogP contribution in [-0.2, 0) is 4.79 Å². The van der Waals surface area contributed by atoms with Gasteiger partial charge in [-0.05, 0) is 37.5 Å². The summed E-state index contributed by atoms with van der Waals surface area (Å²) in [5, 5.41) is 12.0. The van der Waals surface area contributed by atoms with Crippen LogP contribution in [0, 0.1) is 6.92 Å². The highest BCUT2D eigenvalue weighted by molar-refractivity contribution is 5.91. The lowest BCUT2D eigenvalue weighted by atomic mass is 10.1. The average molecular weight is 277 g/mol. The van der Waals surface area contributed by atoms with Gasteiger partial charge >= 0.3 is 5.97 Å². The molecule has 2 N–H and O–H groups in total. The number of benzene rings is 1. The van der Waals surface area contributed by atoms with Crippen molar-refractivity contribution in [3.8, 4) is 5.75 Å². The number of carbonyl (C=O) groups is 2. The lowest BCUT2D eigenvalue weighted by molar-refractivity contribution is -0.123. The minimum atomic E-state index is -1.06. The molecule has 1 aliphatic carbocycles. The molecule has 0 atom stereocenters. The summed E-state index contributed by atoms with van der Waals surface area (Å²) in [7, 11) is 0. The second kappa shape index (κ2) is 6.41. The number of carboxylic acid groups (broad SMARTS) is 1. The molecule has 0 aliphatic heterocycles. The van der Waals surface area contributed by atoms with Gasteiger partial charge in [0.1, 0.15) is 11.3 Å². The predicted octanol–water partition coefficient (Wildman–Crippen LogP) is 2.13. The zero-order valence-electron chi connectivity index (χ0n) is 11.5. The first kappa shape index (κ1) is 14.4. The second-order valence-corrected chi connectivity index (χ2v) is 5.14. The molecule has 0 heterocycles. The van der Waals surface area contributed by atoms with Gasteiger partial charge in [-0.2, -0.15) is 0 Å². The second-order valence-electron chi connectivity index (χ2n) is 5.14. The first-order valence-electron chi connectivity index (χ1n) is 6.82. The monoisotopic (exact) mass is 277 g/mol. The Kier molecular flexibility index (Phi) is 4.61. The lowest BCUT2D eigenvalue weighted by Crippen LogP contribution is -2.36. The Labute approximate surface area is 117 Å². The van der Waals surface area contributed by atoms with E-state index in [0.29, 0.717) is 0 Å². The van der Waals surface area contributed by atoms with Crippen LogP contribution in [0.1, 0.15) is 41.6 Å². The Morgan fingerprint density at radius 2 is 2.05 bits per heavy atom. The van der Waals surface area contributed by atoms with Crippen molar-refractivity contribution < 1.29 is 19.4 Å². The van der Waals surface area contributed by atoms with Gasteiger partial charge < -0.3 is 15.2 Å². The molecule has 2 rings (SSSR count). The Bertz CT molecular complexity index is 507. The van der Waals surface area contributed by atoms with Gasteiger partial charge in [-0.25, -0.2) is 4.79 Å². The van der Waals surface area contributed by atoms with E-state index < -0.39 is 5.97 Å². The van der Waals surface area contributed by atoms with Crippen molar-refractivity contribution in [2.75, 3.05) is 6.61 Å². The Hall–Kier alpha value is -2.04. The molecule has 1 aliphatic rings. The smallest absolute Gasteiger partial charge is 0.339 e. The molecule has 0 aromatic heterocycles. The molecule has 0 spiro atoms. The van der Waals surface area contributed by atoms with Crippen molar-refractivity contribution in [2.45, 2.75) is 38.6 Å². The molecule has 0 radical (unpaired) electrons. The van der Waals surface area contributed by atoms with Gasteiger partial charge in [0.05, 0.1) is 0 Å². The van der Waals surface area contributed by atoms with E-state index in [0.717, 1.165) is 31.2 Å². The van der Waals surface area contributed by atoms with Crippen molar-refractivity contribution in [2.24, 2.45) is 0 Å². The maximum Gasteiger partial charge on any atom is 0.339 e. The number of ether oxygens (including phenoxy) is 1. The summed E-state index contributed by atoms with van der Waals surface area (Å²) in [6, 6.07) is 5.06. The Morgan fingerprint density at radius 3 is 2.70 bits per heavy atom. The summed E-state index contributed by atoms with van der Waals surface area (Å²) in [6.07, 6.45) is 4.31. The minimum absolute atomic E-state index is 0.0734. The highest BCUT2D eigenvalue weighted by Crippen LogP contribution is 2.21. The first-order chi connectivity index (χ1) is 9.56. The maximum atomic E-state index is 11.8. The van der Waals surface area contributed by atoms with Crippen LogP contribution < -0.4 is 10.1 Å². The fourth-order valence-corrected chi connectivity index (χ4v) is 2.41. The van der Waals surface area contributed by atoms with Gasteiger partial charge in [-0.1, -0.05) is 18.9 Å². The molecule has 0 unspecified atom stereocenters. The average Bonchev–Trinajstić information content (AvgIpc) is 2.89. The van der Waals surface area contributed by atoms with E-state index in [-0.39, 0.29) is 29.9 Å². The third-order valence-corrected chi connectivity index (χ3v) is 3.45. The third kappa shape index (κ3) is 3.73. The van der Waals surface area contributed by atoms with Crippen molar-refractivity contribution >= 4 is 11.9 Å². The number of aromatic carboxylic acids is 1. The largest absolute Gasteiger partial charge is 0.483 e. The van der Waals surface area contributed by atoms with Gasteiger partial charge in [0.25, 0.3) is 5.91 Å². The summed E-state index contributed by atoms with van der Waals surface area (Å²) < 4.78 is 5.36. The molecule has 1 saturated carbocycles. The summed E-state index contributed by atoms with van der Waals surface area (Å²) in [4.78, 5) is 22.8. The number of amides is 1. The number of rotatable bonds is 5. The number of hydrogen-bond acceptors (Lipinski definition) is 3.